The summed E-state index contributed by atoms with van der Waals surface area (Å²) < 4.78 is 0. The Labute approximate surface area is 115 Å². The summed E-state index contributed by atoms with van der Waals surface area (Å²) in [6.07, 6.45) is 2.13. The molecule has 1 unspecified atom stereocenters. The van der Waals surface area contributed by atoms with Crippen molar-refractivity contribution in [3.05, 3.63) is 11.9 Å². The molecule has 5 nitrogen and oxygen atoms in total. The van der Waals surface area contributed by atoms with Gasteiger partial charge in [0, 0.05) is 19.0 Å². The molecule has 5 heteroatoms. The second-order valence-corrected chi connectivity index (χ2v) is 6.14. The maximum Gasteiger partial charge on any atom is 0.133 e. The number of hydrogen-bond acceptors (Lipinski definition) is 5. The van der Waals surface area contributed by atoms with E-state index in [-0.39, 0.29) is 5.41 Å². The highest BCUT2D eigenvalue weighted by Crippen LogP contribution is 2.21. The fraction of sp³-hybridized carbons (Fsp3) is 0.714. The lowest BCUT2D eigenvalue weighted by Crippen LogP contribution is -2.25. The van der Waals surface area contributed by atoms with Gasteiger partial charge in [-0.1, -0.05) is 27.7 Å². The minimum absolute atomic E-state index is 0.110. The van der Waals surface area contributed by atoms with Crippen molar-refractivity contribution in [1.82, 2.24) is 9.97 Å². The Morgan fingerprint density at radius 1 is 1.37 bits per heavy atom. The average Bonchev–Trinajstić information content (AvgIpc) is 2.24. The number of nitrogen functional groups attached to an aromatic ring is 1. The number of aryl methyl sites for hydroxylation is 1. The first-order valence-electron chi connectivity index (χ1n) is 6.85. The first-order valence-corrected chi connectivity index (χ1v) is 6.85. The van der Waals surface area contributed by atoms with Gasteiger partial charge in [-0.05, 0) is 18.3 Å². The highest BCUT2D eigenvalue weighted by molar-refractivity contribution is 5.44. The van der Waals surface area contributed by atoms with Gasteiger partial charge in [-0.15, -0.1) is 0 Å². The molecule has 0 bridgehead atoms. The molecule has 0 saturated heterocycles. The van der Waals surface area contributed by atoms with Crippen molar-refractivity contribution in [2.45, 2.75) is 53.1 Å². The molecule has 0 aromatic carbocycles. The summed E-state index contributed by atoms with van der Waals surface area (Å²) in [6, 6.07) is 1.70. The topological polar surface area (TPSA) is 84.1 Å². The molecule has 1 aromatic rings. The molecule has 0 fully saturated rings. The third-order valence-corrected chi connectivity index (χ3v) is 2.63. The normalized spacial score (nSPS) is 13.3. The maximum absolute atomic E-state index is 9.95. The van der Waals surface area contributed by atoms with Gasteiger partial charge < -0.3 is 16.2 Å². The van der Waals surface area contributed by atoms with Gasteiger partial charge in [0.15, 0.2) is 0 Å². The number of aliphatic hydroxyl groups excluding tert-OH is 1. The second kappa shape index (κ2) is 6.70. The molecule has 0 spiro atoms. The number of nitrogens with one attached hydrogen (secondary N) is 1. The van der Waals surface area contributed by atoms with Crippen molar-refractivity contribution < 1.29 is 5.11 Å². The predicted octanol–water partition coefficient (Wildman–Crippen LogP) is 2.22. The van der Waals surface area contributed by atoms with Gasteiger partial charge in [0.05, 0.1) is 6.10 Å². The lowest BCUT2D eigenvalue weighted by atomic mass is 9.89. The van der Waals surface area contributed by atoms with Gasteiger partial charge in [-0.2, -0.15) is 0 Å². The summed E-state index contributed by atoms with van der Waals surface area (Å²) in [5.41, 5.74) is 5.85. The molecule has 0 saturated carbocycles. The predicted molar refractivity (Wildman–Crippen MR) is 79.0 cm³/mol. The van der Waals surface area contributed by atoms with Crippen molar-refractivity contribution in [3.8, 4) is 0 Å². The van der Waals surface area contributed by atoms with Crippen LogP contribution in [0.15, 0.2) is 6.07 Å². The smallest absolute Gasteiger partial charge is 0.133 e. The van der Waals surface area contributed by atoms with Crippen LogP contribution >= 0.6 is 0 Å². The lowest BCUT2D eigenvalue weighted by Gasteiger charge is -2.22. The number of nitrogens with zero attached hydrogens (tertiary/aromatic N) is 2. The molecule has 0 aliphatic heterocycles. The van der Waals surface area contributed by atoms with Crippen molar-refractivity contribution in [1.29, 1.82) is 0 Å². The molecule has 0 radical (unpaired) electrons. The third-order valence-electron chi connectivity index (χ3n) is 2.63. The first-order chi connectivity index (χ1) is 8.80. The fourth-order valence-corrected chi connectivity index (χ4v) is 1.95. The Hall–Kier alpha value is -1.36. The average molecular weight is 266 g/mol. The molecule has 0 amide bonds. The second-order valence-electron chi connectivity index (χ2n) is 6.14. The Morgan fingerprint density at radius 3 is 2.63 bits per heavy atom. The monoisotopic (exact) mass is 266 g/mol. The lowest BCUT2D eigenvalue weighted by molar-refractivity contribution is 0.132. The van der Waals surface area contributed by atoms with Crippen LogP contribution in [0, 0.1) is 5.41 Å². The molecule has 0 aliphatic carbocycles. The van der Waals surface area contributed by atoms with E-state index in [2.05, 4.69) is 43.0 Å². The Balaban J connectivity index is 2.57. The van der Waals surface area contributed by atoms with E-state index in [9.17, 15) is 5.11 Å². The van der Waals surface area contributed by atoms with E-state index in [1.54, 1.807) is 6.07 Å². The maximum atomic E-state index is 9.95. The minimum atomic E-state index is -0.397. The zero-order valence-electron chi connectivity index (χ0n) is 12.4. The van der Waals surface area contributed by atoms with E-state index in [1.165, 1.54) is 0 Å². The van der Waals surface area contributed by atoms with Gasteiger partial charge >= 0.3 is 0 Å². The molecule has 19 heavy (non-hydrogen) atoms. The Bertz CT molecular complexity index is 401. The van der Waals surface area contributed by atoms with Crippen molar-refractivity contribution in [2.75, 3.05) is 17.6 Å². The van der Waals surface area contributed by atoms with E-state index in [0.29, 0.717) is 18.2 Å². The van der Waals surface area contributed by atoms with Crippen LogP contribution in [0.3, 0.4) is 0 Å². The molecule has 4 N–H and O–H groups in total. The highest BCUT2D eigenvalue weighted by atomic mass is 16.3. The Morgan fingerprint density at radius 2 is 2.05 bits per heavy atom. The number of hydrogen-bond donors (Lipinski definition) is 3. The summed E-state index contributed by atoms with van der Waals surface area (Å²) >= 11 is 0. The van der Waals surface area contributed by atoms with E-state index in [1.807, 2.05) is 0 Å². The first kappa shape index (κ1) is 15.7. The third kappa shape index (κ3) is 6.38. The number of rotatable bonds is 6. The highest BCUT2D eigenvalue weighted by Gasteiger charge is 2.16. The molecular weight excluding hydrogens is 240 g/mol. The number of anilines is 2. The molecule has 108 valence electrons. The molecule has 1 atom stereocenters. The molecular formula is C14H26N4O. The zero-order chi connectivity index (χ0) is 14.5. The van der Waals surface area contributed by atoms with E-state index in [0.717, 1.165) is 25.1 Å². The van der Waals surface area contributed by atoms with Crippen molar-refractivity contribution in [2.24, 2.45) is 5.41 Å². The number of aromatic nitrogens is 2. The molecule has 1 rings (SSSR count). The van der Waals surface area contributed by atoms with Crippen molar-refractivity contribution >= 4 is 11.6 Å². The summed E-state index contributed by atoms with van der Waals surface area (Å²) in [6.45, 7) is 8.88. The standard InChI is InChI=1S/C14H26N4O/c1-5-6-12-17-11(15)7-13(18-12)16-9-10(19)8-14(2,3)4/h7,10,19H,5-6,8-9H2,1-4H3,(H3,15,16,17,18). The van der Waals surface area contributed by atoms with E-state index < -0.39 is 6.10 Å². The van der Waals surface area contributed by atoms with Crippen LogP contribution in [-0.4, -0.2) is 27.7 Å². The zero-order valence-corrected chi connectivity index (χ0v) is 12.4. The van der Waals surface area contributed by atoms with Crippen LogP contribution in [0.25, 0.3) is 0 Å². The summed E-state index contributed by atoms with van der Waals surface area (Å²) in [4.78, 5) is 8.55. The number of aliphatic hydroxyl groups is 1. The van der Waals surface area contributed by atoms with Gasteiger partial charge in [-0.25, -0.2) is 9.97 Å². The molecule has 1 heterocycles. The van der Waals surface area contributed by atoms with Crippen LogP contribution in [0.4, 0.5) is 11.6 Å². The fourth-order valence-electron chi connectivity index (χ4n) is 1.95. The van der Waals surface area contributed by atoms with E-state index in [4.69, 9.17) is 5.73 Å². The summed E-state index contributed by atoms with van der Waals surface area (Å²) in [7, 11) is 0. The number of nitrogens with two attached hydrogens (primary N) is 1. The summed E-state index contributed by atoms with van der Waals surface area (Å²) in [5, 5.41) is 13.1. The quantitative estimate of drug-likeness (QED) is 0.735. The SMILES string of the molecule is CCCc1nc(N)cc(NCC(O)CC(C)(C)C)n1. The largest absolute Gasteiger partial charge is 0.391 e. The van der Waals surface area contributed by atoms with Gasteiger partial charge in [-0.3, -0.25) is 0 Å². The van der Waals surface area contributed by atoms with Crippen molar-refractivity contribution in [3.63, 3.8) is 0 Å². The van der Waals surface area contributed by atoms with E-state index >= 15 is 0 Å². The van der Waals surface area contributed by atoms with Crippen LogP contribution < -0.4 is 11.1 Å². The van der Waals surface area contributed by atoms with Gasteiger partial charge in [0.2, 0.25) is 0 Å². The molecule has 0 aliphatic rings. The van der Waals surface area contributed by atoms with Crippen LogP contribution in [0.5, 0.6) is 0 Å². The Kier molecular flexibility index (Phi) is 5.54. The van der Waals surface area contributed by atoms with Crippen LogP contribution in [0.2, 0.25) is 0 Å². The van der Waals surface area contributed by atoms with Gasteiger partial charge in [0.1, 0.15) is 17.5 Å². The summed E-state index contributed by atoms with van der Waals surface area (Å²) in [5.74, 6) is 1.89. The molecule has 1 aromatic heterocycles. The minimum Gasteiger partial charge on any atom is -0.391 e. The van der Waals surface area contributed by atoms with Gasteiger partial charge in [0.25, 0.3) is 0 Å². The van der Waals surface area contributed by atoms with Crippen LogP contribution in [-0.2, 0) is 6.42 Å². The van der Waals surface area contributed by atoms with Crippen LogP contribution in [0.1, 0.15) is 46.4 Å².